The first-order chi connectivity index (χ1) is 11.8. The van der Waals surface area contributed by atoms with Gasteiger partial charge in [-0.2, -0.15) is 5.10 Å². The van der Waals surface area contributed by atoms with Gasteiger partial charge < -0.3 is 4.90 Å². The summed E-state index contributed by atoms with van der Waals surface area (Å²) >= 11 is 0. The lowest BCUT2D eigenvalue weighted by Gasteiger charge is -2.32. The second kappa shape index (κ2) is 6.43. The molecule has 1 N–H and O–H groups in total. The molecule has 4 rings (SSSR count). The average molecular weight is 319 g/mol. The van der Waals surface area contributed by atoms with E-state index in [0.717, 1.165) is 31.9 Å². The predicted molar refractivity (Wildman–Crippen MR) is 95.0 cm³/mol. The number of hydrogen-bond donors (Lipinski definition) is 1. The van der Waals surface area contributed by atoms with Crippen LogP contribution in [0.2, 0.25) is 0 Å². The molecular weight excluding hydrogens is 298 g/mol. The molecule has 3 aromatic rings. The van der Waals surface area contributed by atoms with E-state index in [1.165, 1.54) is 22.4 Å². The first-order valence-electron chi connectivity index (χ1n) is 8.43. The van der Waals surface area contributed by atoms with Crippen molar-refractivity contribution in [2.24, 2.45) is 0 Å². The third-order valence-corrected chi connectivity index (χ3v) is 4.70. The summed E-state index contributed by atoms with van der Waals surface area (Å²) in [4.78, 5) is 11.1. The van der Waals surface area contributed by atoms with E-state index in [4.69, 9.17) is 0 Å². The van der Waals surface area contributed by atoms with Crippen LogP contribution < -0.4 is 4.90 Å². The molecule has 3 heterocycles. The van der Waals surface area contributed by atoms with Crippen molar-refractivity contribution in [3.8, 4) is 11.1 Å². The van der Waals surface area contributed by atoms with Crippen LogP contribution in [0, 0.1) is 6.92 Å². The van der Waals surface area contributed by atoms with E-state index in [2.05, 4.69) is 56.3 Å². The molecule has 0 aliphatic carbocycles. The monoisotopic (exact) mass is 319 g/mol. The number of piperidine rings is 1. The Morgan fingerprint density at radius 3 is 2.71 bits per heavy atom. The van der Waals surface area contributed by atoms with Crippen molar-refractivity contribution < 1.29 is 0 Å². The SMILES string of the molecule is Cc1ccc(-c2cn[nH]c2[C@@H]2CCCN(c3ncccn3)C2)cc1. The summed E-state index contributed by atoms with van der Waals surface area (Å²) in [5.41, 5.74) is 4.92. The Balaban J connectivity index is 1.60. The zero-order chi connectivity index (χ0) is 16.4. The summed E-state index contributed by atoms with van der Waals surface area (Å²) in [5, 5.41) is 7.56. The van der Waals surface area contributed by atoms with Crippen molar-refractivity contribution in [2.45, 2.75) is 25.7 Å². The highest BCUT2D eigenvalue weighted by Crippen LogP contribution is 2.33. The van der Waals surface area contributed by atoms with Gasteiger partial charge in [-0.15, -0.1) is 0 Å². The number of anilines is 1. The summed E-state index contributed by atoms with van der Waals surface area (Å²) in [5.74, 6) is 1.24. The van der Waals surface area contributed by atoms with E-state index in [-0.39, 0.29) is 0 Å². The number of aromatic amines is 1. The van der Waals surface area contributed by atoms with Gasteiger partial charge in [-0.3, -0.25) is 5.10 Å². The number of aryl methyl sites for hydroxylation is 1. The van der Waals surface area contributed by atoms with Crippen LogP contribution in [0.3, 0.4) is 0 Å². The lowest BCUT2D eigenvalue weighted by atomic mass is 9.90. The topological polar surface area (TPSA) is 57.7 Å². The van der Waals surface area contributed by atoms with E-state index >= 15 is 0 Å². The molecule has 1 saturated heterocycles. The second-order valence-corrected chi connectivity index (χ2v) is 6.40. The number of aromatic nitrogens is 4. The smallest absolute Gasteiger partial charge is 0.225 e. The van der Waals surface area contributed by atoms with Crippen LogP contribution in [-0.2, 0) is 0 Å². The molecule has 0 spiro atoms. The molecule has 5 nitrogen and oxygen atoms in total. The lowest BCUT2D eigenvalue weighted by molar-refractivity contribution is 0.495. The highest BCUT2D eigenvalue weighted by Gasteiger charge is 2.26. The molecule has 1 aliphatic heterocycles. The van der Waals surface area contributed by atoms with E-state index in [9.17, 15) is 0 Å². The van der Waals surface area contributed by atoms with Gasteiger partial charge in [0.25, 0.3) is 0 Å². The molecular formula is C19H21N5. The van der Waals surface area contributed by atoms with Gasteiger partial charge in [0.1, 0.15) is 0 Å². The molecule has 1 aliphatic rings. The standard InChI is InChI=1S/C19H21N5/c1-14-5-7-15(8-6-14)17-12-22-23-18(17)16-4-2-11-24(13-16)19-20-9-3-10-21-19/h3,5-10,12,16H,2,4,11,13H2,1H3,(H,22,23)/t16-/m1/s1. The Morgan fingerprint density at radius 2 is 1.92 bits per heavy atom. The first-order valence-corrected chi connectivity index (χ1v) is 8.43. The lowest BCUT2D eigenvalue weighted by Crippen LogP contribution is -2.35. The van der Waals surface area contributed by atoms with Crippen LogP contribution in [0.25, 0.3) is 11.1 Å². The van der Waals surface area contributed by atoms with Crippen molar-refractivity contribution in [2.75, 3.05) is 18.0 Å². The molecule has 24 heavy (non-hydrogen) atoms. The van der Waals surface area contributed by atoms with Crippen molar-refractivity contribution in [3.05, 3.63) is 60.2 Å². The molecule has 0 amide bonds. The Morgan fingerprint density at radius 1 is 1.12 bits per heavy atom. The summed E-state index contributed by atoms with van der Waals surface area (Å²) in [6.45, 7) is 4.04. The number of nitrogens with zero attached hydrogens (tertiary/aromatic N) is 4. The summed E-state index contributed by atoms with van der Waals surface area (Å²) in [6, 6.07) is 10.5. The van der Waals surface area contributed by atoms with Crippen molar-refractivity contribution in [1.82, 2.24) is 20.2 Å². The zero-order valence-electron chi connectivity index (χ0n) is 13.8. The van der Waals surface area contributed by atoms with E-state index in [0.29, 0.717) is 5.92 Å². The third kappa shape index (κ3) is 2.89. The number of benzene rings is 1. The predicted octanol–water partition coefficient (Wildman–Crippen LogP) is 3.56. The Kier molecular flexibility index (Phi) is 3.99. The van der Waals surface area contributed by atoms with Gasteiger partial charge in [-0.05, 0) is 31.4 Å². The number of H-pyrrole nitrogens is 1. The summed E-state index contributed by atoms with van der Waals surface area (Å²) in [7, 11) is 0. The minimum absolute atomic E-state index is 0.418. The molecule has 1 fully saturated rings. The van der Waals surface area contributed by atoms with Gasteiger partial charge in [0, 0.05) is 42.7 Å². The normalized spacial score (nSPS) is 17.9. The number of hydrogen-bond acceptors (Lipinski definition) is 4. The minimum Gasteiger partial charge on any atom is -0.340 e. The Labute approximate surface area is 141 Å². The van der Waals surface area contributed by atoms with Gasteiger partial charge in [-0.1, -0.05) is 29.8 Å². The molecule has 0 bridgehead atoms. The molecule has 5 heteroatoms. The second-order valence-electron chi connectivity index (χ2n) is 6.40. The average Bonchev–Trinajstić information content (AvgIpc) is 3.13. The van der Waals surface area contributed by atoms with Crippen LogP contribution in [-0.4, -0.2) is 33.3 Å². The maximum absolute atomic E-state index is 4.40. The third-order valence-electron chi connectivity index (χ3n) is 4.70. The molecule has 0 radical (unpaired) electrons. The molecule has 2 aromatic heterocycles. The van der Waals surface area contributed by atoms with Gasteiger partial charge in [0.15, 0.2) is 0 Å². The van der Waals surface area contributed by atoms with Crippen molar-refractivity contribution >= 4 is 5.95 Å². The van der Waals surface area contributed by atoms with Gasteiger partial charge in [-0.25, -0.2) is 9.97 Å². The van der Waals surface area contributed by atoms with E-state index in [1.54, 1.807) is 12.4 Å². The van der Waals surface area contributed by atoms with Gasteiger partial charge in [0.2, 0.25) is 5.95 Å². The fourth-order valence-corrected chi connectivity index (χ4v) is 3.42. The summed E-state index contributed by atoms with van der Waals surface area (Å²) < 4.78 is 0. The quantitative estimate of drug-likeness (QED) is 0.802. The maximum Gasteiger partial charge on any atom is 0.225 e. The largest absolute Gasteiger partial charge is 0.340 e. The van der Waals surface area contributed by atoms with Crippen LogP contribution in [0.5, 0.6) is 0 Å². The number of nitrogens with one attached hydrogen (secondary N) is 1. The summed E-state index contributed by atoms with van der Waals surface area (Å²) in [6.07, 6.45) is 7.84. The highest BCUT2D eigenvalue weighted by atomic mass is 15.3. The molecule has 1 aromatic carbocycles. The highest BCUT2D eigenvalue weighted by molar-refractivity contribution is 5.66. The first kappa shape index (κ1) is 14.9. The maximum atomic E-state index is 4.40. The van der Waals surface area contributed by atoms with E-state index < -0.39 is 0 Å². The van der Waals surface area contributed by atoms with Crippen LogP contribution >= 0.6 is 0 Å². The molecule has 1 atom stereocenters. The fraction of sp³-hybridized carbons (Fsp3) is 0.316. The molecule has 0 unspecified atom stereocenters. The van der Waals surface area contributed by atoms with Gasteiger partial charge >= 0.3 is 0 Å². The molecule has 122 valence electrons. The zero-order valence-corrected chi connectivity index (χ0v) is 13.8. The number of rotatable bonds is 3. The molecule has 0 saturated carbocycles. The van der Waals surface area contributed by atoms with Crippen molar-refractivity contribution in [1.29, 1.82) is 0 Å². The van der Waals surface area contributed by atoms with Crippen LogP contribution in [0.1, 0.15) is 30.0 Å². The van der Waals surface area contributed by atoms with Crippen LogP contribution in [0.15, 0.2) is 48.9 Å². The van der Waals surface area contributed by atoms with Gasteiger partial charge in [0.05, 0.1) is 6.20 Å². The van der Waals surface area contributed by atoms with Crippen molar-refractivity contribution in [3.63, 3.8) is 0 Å². The Bertz CT molecular complexity index is 794. The van der Waals surface area contributed by atoms with E-state index in [1.807, 2.05) is 12.3 Å². The van der Waals surface area contributed by atoms with Crippen LogP contribution in [0.4, 0.5) is 5.95 Å². The Hall–Kier alpha value is -2.69. The minimum atomic E-state index is 0.418. The fourth-order valence-electron chi connectivity index (χ4n) is 3.42.